The van der Waals surface area contributed by atoms with Crippen LogP contribution >= 0.6 is 11.6 Å². The Morgan fingerprint density at radius 3 is 2.69 bits per heavy atom. The number of methoxy groups -OCH3 is 1. The molecule has 1 fully saturated rings. The van der Waals surface area contributed by atoms with Crippen molar-refractivity contribution in [3.8, 4) is 22.8 Å². The average Bonchev–Trinajstić information content (AvgIpc) is 3.31. The van der Waals surface area contributed by atoms with Crippen LogP contribution in [0.25, 0.3) is 16.8 Å². The Kier molecular flexibility index (Phi) is 7.36. The maximum atomic E-state index is 14.0. The number of hydrogen-bond donors (Lipinski definition) is 1. The summed E-state index contributed by atoms with van der Waals surface area (Å²) in [6.07, 6.45) is 6.20. The van der Waals surface area contributed by atoms with Crippen LogP contribution in [0.3, 0.4) is 0 Å². The van der Waals surface area contributed by atoms with E-state index in [1.165, 1.54) is 36.0 Å². The van der Waals surface area contributed by atoms with Crippen molar-refractivity contribution in [1.29, 1.82) is 0 Å². The average molecular weight is 576 g/mol. The number of fused-ring (bicyclic) bond motifs is 1. The summed E-state index contributed by atoms with van der Waals surface area (Å²) in [4.78, 5) is 23.7. The second-order valence-electron chi connectivity index (χ2n) is 9.60. The highest BCUT2D eigenvalue weighted by Gasteiger charge is 2.29. The van der Waals surface area contributed by atoms with Crippen LogP contribution in [0.4, 0.5) is 10.1 Å². The molecule has 1 aliphatic carbocycles. The molecule has 4 heterocycles. The predicted molar refractivity (Wildman–Crippen MR) is 146 cm³/mol. The lowest BCUT2D eigenvalue weighted by Gasteiger charge is -2.20. The van der Waals surface area contributed by atoms with Crippen molar-refractivity contribution >= 4 is 33.0 Å². The number of alkyl halides is 1. The lowest BCUT2D eigenvalue weighted by Crippen LogP contribution is -2.26. The predicted octanol–water partition coefficient (Wildman–Crippen LogP) is 3.58. The van der Waals surface area contributed by atoms with Crippen molar-refractivity contribution in [2.45, 2.75) is 25.6 Å². The third-order valence-corrected chi connectivity index (χ3v) is 8.55. The highest BCUT2D eigenvalue weighted by Crippen LogP contribution is 2.35. The summed E-state index contributed by atoms with van der Waals surface area (Å²) >= 11 is 6.07. The summed E-state index contributed by atoms with van der Waals surface area (Å²) in [5.41, 5.74) is 1.19. The van der Waals surface area contributed by atoms with E-state index in [-0.39, 0.29) is 38.9 Å². The first-order valence-electron chi connectivity index (χ1n) is 12.2. The Bertz CT molecular complexity index is 1660. The fourth-order valence-electron chi connectivity index (χ4n) is 4.53. The van der Waals surface area contributed by atoms with Gasteiger partial charge in [0.25, 0.3) is 15.6 Å². The second kappa shape index (κ2) is 10.6. The molecule has 0 saturated carbocycles. The molecule has 13 heteroatoms. The topological polar surface area (TPSA) is 115 Å². The number of likely N-dealkylation sites (N-methyl/N-ethyl adjacent to an activating group) is 1. The van der Waals surface area contributed by atoms with Gasteiger partial charge in [0.2, 0.25) is 11.6 Å². The summed E-state index contributed by atoms with van der Waals surface area (Å²) in [5, 5.41) is -0.208. The molecular formula is C26H27ClFN5O5S. The molecular weight excluding hydrogens is 549 g/mol. The molecule has 1 N–H and O–H groups in total. The number of sulfonamides is 1. The van der Waals surface area contributed by atoms with Gasteiger partial charge in [0.15, 0.2) is 0 Å². The first-order chi connectivity index (χ1) is 18.6. The SMILES string of the molecule is COc1ncc(-c2ccc3ncc(OC4CCN(C)C4)c(=O)n3c2)cc1NS(=O)(=O)C1=CC(C)C(F)C=C1Cl. The van der Waals surface area contributed by atoms with E-state index in [0.717, 1.165) is 25.6 Å². The zero-order valence-electron chi connectivity index (χ0n) is 21.5. The number of hydrogen-bond acceptors (Lipinski definition) is 8. The first kappa shape index (κ1) is 27.1. The number of allylic oxidation sites excluding steroid dienone is 3. The van der Waals surface area contributed by atoms with E-state index >= 15 is 0 Å². The monoisotopic (exact) mass is 575 g/mol. The van der Waals surface area contributed by atoms with Crippen molar-refractivity contribution in [3.05, 3.63) is 69.2 Å². The van der Waals surface area contributed by atoms with Gasteiger partial charge in [-0.15, -0.1) is 0 Å². The smallest absolute Gasteiger partial charge is 0.300 e. The zero-order chi connectivity index (χ0) is 27.9. The minimum Gasteiger partial charge on any atom is -0.482 e. The summed E-state index contributed by atoms with van der Waals surface area (Å²) in [7, 11) is -0.847. The van der Waals surface area contributed by atoms with E-state index < -0.39 is 22.1 Å². The van der Waals surface area contributed by atoms with Gasteiger partial charge in [-0.1, -0.05) is 24.6 Å². The second-order valence-corrected chi connectivity index (χ2v) is 11.7. The van der Waals surface area contributed by atoms with Gasteiger partial charge in [0, 0.05) is 42.5 Å². The summed E-state index contributed by atoms with van der Waals surface area (Å²) in [5.74, 6) is -0.493. The van der Waals surface area contributed by atoms with Crippen LogP contribution in [0.2, 0.25) is 0 Å². The number of nitrogens with zero attached hydrogens (tertiary/aromatic N) is 4. The number of rotatable bonds is 7. The fourth-order valence-corrected chi connectivity index (χ4v) is 6.28. The van der Waals surface area contributed by atoms with E-state index in [2.05, 4.69) is 19.6 Å². The van der Waals surface area contributed by atoms with Gasteiger partial charge in [0.1, 0.15) is 28.5 Å². The van der Waals surface area contributed by atoms with Gasteiger partial charge in [-0.2, -0.15) is 0 Å². The Morgan fingerprint density at radius 2 is 1.97 bits per heavy atom. The third kappa shape index (κ3) is 5.49. The number of anilines is 1. The molecule has 2 aliphatic rings. The van der Waals surface area contributed by atoms with Crippen LogP contribution in [0.1, 0.15) is 13.3 Å². The number of pyridine rings is 2. The van der Waals surface area contributed by atoms with E-state index in [0.29, 0.717) is 16.8 Å². The lowest BCUT2D eigenvalue weighted by atomic mass is 10.0. The zero-order valence-corrected chi connectivity index (χ0v) is 23.0. The van der Waals surface area contributed by atoms with E-state index in [9.17, 15) is 17.6 Å². The Balaban J connectivity index is 1.48. The van der Waals surface area contributed by atoms with E-state index in [4.69, 9.17) is 21.1 Å². The molecule has 10 nitrogen and oxygen atoms in total. The molecule has 0 aromatic carbocycles. The molecule has 1 aliphatic heterocycles. The largest absolute Gasteiger partial charge is 0.482 e. The van der Waals surface area contributed by atoms with Crippen LogP contribution < -0.4 is 19.8 Å². The maximum Gasteiger partial charge on any atom is 0.300 e. The molecule has 3 aromatic heterocycles. The van der Waals surface area contributed by atoms with Crippen molar-refractivity contribution in [1.82, 2.24) is 19.3 Å². The van der Waals surface area contributed by atoms with Gasteiger partial charge in [-0.3, -0.25) is 13.9 Å². The molecule has 206 valence electrons. The first-order valence-corrected chi connectivity index (χ1v) is 14.1. The molecule has 3 atom stereocenters. The summed E-state index contributed by atoms with van der Waals surface area (Å²) in [6.45, 7) is 3.18. The van der Waals surface area contributed by atoms with Crippen molar-refractivity contribution in [2.24, 2.45) is 5.92 Å². The quantitative estimate of drug-likeness (QED) is 0.455. The van der Waals surface area contributed by atoms with Crippen molar-refractivity contribution in [2.75, 3.05) is 32.0 Å². The minimum absolute atomic E-state index is 0.0205. The van der Waals surface area contributed by atoms with Gasteiger partial charge in [-0.05, 0) is 37.7 Å². The molecule has 3 aromatic rings. The van der Waals surface area contributed by atoms with Crippen LogP contribution in [-0.4, -0.2) is 67.2 Å². The minimum atomic E-state index is -4.20. The Labute approximate surface area is 229 Å². The Hall–Kier alpha value is -3.48. The molecule has 5 rings (SSSR count). The van der Waals surface area contributed by atoms with E-state index in [1.807, 2.05) is 7.05 Å². The standard InChI is InChI=1S/C26H27ClFN5O5S/c1-15-8-23(19(27)10-20(15)28)39(35,36)31-21-9-17(11-30-25(21)37-3)16-4-5-24-29-12-22(26(34)33(24)13-16)38-18-6-7-32(2)14-18/h4-5,8-13,15,18,20,31H,6-7,14H2,1-3H3. The molecule has 3 unspecified atom stereocenters. The number of ether oxygens (including phenoxy) is 2. The number of halogens is 2. The third-order valence-electron chi connectivity index (χ3n) is 6.68. The summed E-state index contributed by atoms with van der Waals surface area (Å²) in [6, 6.07) is 4.94. The number of likely N-dealkylation sites (tertiary alicyclic amines) is 1. The van der Waals surface area contributed by atoms with Crippen LogP contribution in [0.15, 0.2) is 63.7 Å². The highest BCUT2D eigenvalue weighted by molar-refractivity contribution is 7.96. The van der Waals surface area contributed by atoms with Crippen molar-refractivity contribution in [3.63, 3.8) is 0 Å². The molecule has 39 heavy (non-hydrogen) atoms. The molecule has 0 radical (unpaired) electrons. The van der Waals surface area contributed by atoms with Crippen LogP contribution in [0.5, 0.6) is 11.6 Å². The van der Waals surface area contributed by atoms with Gasteiger partial charge >= 0.3 is 0 Å². The summed E-state index contributed by atoms with van der Waals surface area (Å²) < 4.78 is 55.3. The lowest BCUT2D eigenvalue weighted by molar-refractivity contribution is 0.204. The maximum absolute atomic E-state index is 14.0. The molecule has 0 bridgehead atoms. The van der Waals surface area contributed by atoms with Crippen LogP contribution in [0, 0.1) is 5.92 Å². The fraction of sp³-hybridized carbons (Fsp3) is 0.346. The van der Waals surface area contributed by atoms with Gasteiger partial charge < -0.3 is 14.4 Å². The van der Waals surface area contributed by atoms with Crippen LogP contribution in [-0.2, 0) is 10.0 Å². The normalized spacial score (nSPS) is 21.9. The number of nitrogens with one attached hydrogen (secondary N) is 1. The highest BCUT2D eigenvalue weighted by atomic mass is 35.5. The Morgan fingerprint density at radius 1 is 1.18 bits per heavy atom. The molecule has 0 spiro atoms. The van der Waals surface area contributed by atoms with Gasteiger partial charge in [0.05, 0.1) is 18.3 Å². The van der Waals surface area contributed by atoms with Crippen molar-refractivity contribution < 1.29 is 22.3 Å². The van der Waals surface area contributed by atoms with Gasteiger partial charge in [-0.25, -0.2) is 22.8 Å². The number of aromatic nitrogens is 3. The molecule has 1 saturated heterocycles. The van der Waals surface area contributed by atoms with E-state index in [1.54, 1.807) is 25.3 Å². The molecule has 0 amide bonds.